The minimum Gasteiger partial charge on any atom is -0.391 e. The first-order chi connectivity index (χ1) is 11.2. The molecule has 122 valence electrons. The highest BCUT2D eigenvalue weighted by Gasteiger charge is 2.20. The summed E-state index contributed by atoms with van der Waals surface area (Å²) < 4.78 is 1.58. The molecule has 0 bridgehead atoms. The van der Waals surface area contributed by atoms with Gasteiger partial charge in [0.2, 0.25) is 5.91 Å². The average Bonchev–Trinajstić information content (AvgIpc) is 3.06. The molecule has 2 N–H and O–H groups in total. The van der Waals surface area contributed by atoms with Crippen LogP contribution in [0.1, 0.15) is 18.4 Å². The first kappa shape index (κ1) is 15.5. The van der Waals surface area contributed by atoms with Gasteiger partial charge in [0, 0.05) is 43.8 Å². The molecular formula is C16H21N5O2. The molecule has 23 heavy (non-hydrogen) atoms. The van der Waals surface area contributed by atoms with Crippen LogP contribution >= 0.6 is 0 Å². The molecule has 7 nitrogen and oxygen atoms in total. The van der Waals surface area contributed by atoms with E-state index in [1.165, 1.54) is 0 Å². The summed E-state index contributed by atoms with van der Waals surface area (Å²) >= 11 is 0. The Bertz CT molecular complexity index is 644. The third-order valence-electron chi connectivity index (χ3n) is 3.90. The number of rotatable bonds is 5. The molecule has 0 radical (unpaired) electrons. The average molecular weight is 315 g/mol. The molecule has 3 rings (SSSR count). The van der Waals surface area contributed by atoms with E-state index >= 15 is 0 Å². The van der Waals surface area contributed by atoms with Crippen molar-refractivity contribution in [2.45, 2.75) is 32.0 Å². The minimum absolute atomic E-state index is 0.0952. The van der Waals surface area contributed by atoms with Gasteiger partial charge in [0.1, 0.15) is 12.4 Å². The maximum Gasteiger partial charge on any atom is 0.241 e. The summed E-state index contributed by atoms with van der Waals surface area (Å²) in [5.41, 5.74) is 0.954. The van der Waals surface area contributed by atoms with E-state index in [0.717, 1.165) is 30.8 Å². The van der Waals surface area contributed by atoms with Gasteiger partial charge in [-0.1, -0.05) is 6.07 Å². The number of carbonyl (C=O) groups excluding carboxylic acids is 1. The number of pyridine rings is 1. The van der Waals surface area contributed by atoms with Crippen molar-refractivity contribution in [3.8, 4) is 0 Å². The van der Waals surface area contributed by atoms with Crippen molar-refractivity contribution in [3.05, 3.63) is 42.4 Å². The van der Waals surface area contributed by atoms with Crippen LogP contribution in [0.25, 0.3) is 0 Å². The minimum atomic E-state index is -0.312. The number of nitrogens with one attached hydrogen (secondary N) is 1. The summed E-state index contributed by atoms with van der Waals surface area (Å²) in [5, 5.41) is 16.8. The molecule has 2 aromatic heterocycles. The summed E-state index contributed by atoms with van der Waals surface area (Å²) in [7, 11) is 0. The summed E-state index contributed by atoms with van der Waals surface area (Å²) in [6, 6.07) is 5.60. The van der Waals surface area contributed by atoms with Gasteiger partial charge in [-0.25, -0.2) is 4.98 Å². The van der Waals surface area contributed by atoms with Gasteiger partial charge in [0.25, 0.3) is 0 Å². The van der Waals surface area contributed by atoms with E-state index in [1.54, 1.807) is 29.3 Å². The van der Waals surface area contributed by atoms with Gasteiger partial charge in [-0.15, -0.1) is 0 Å². The van der Waals surface area contributed by atoms with Crippen molar-refractivity contribution in [2.75, 3.05) is 18.0 Å². The van der Waals surface area contributed by atoms with Crippen molar-refractivity contribution in [3.63, 3.8) is 0 Å². The van der Waals surface area contributed by atoms with Gasteiger partial charge in [-0.2, -0.15) is 5.10 Å². The maximum absolute atomic E-state index is 12.0. The van der Waals surface area contributed by atoms with Crippen LogP contribution in [0.4, 0.5) is 5.82 Å². The lowest BCUT2D eigenvalue weighted by atomic mass is 10.1. The fourth-order valence-electron chi connectivity index (χ4n) is 2.79. The number of hydrogen-bond donors (Lipinski definition) is 2. The van der Waals surface area contributed by atoms with Crippen LogP contribution in [0.5, 0.6) is 0 Å². The van der Waals surface area contributed by atoms with Crippen molar-refractivity contribution in [1.29, 1.82) is 0 Å². The fraction of sp³-hybridized carbons (Fsp3) is 0.438. The third-order valence-corrected chi connectivity index (χ3v) is 3.90. The Morgan fingerprint density at radius 3 is 3.09 bits per heavy atom. The number of amides is 1. The van der Waals surface area contributed by atoms with E-state index < -0.39 is 0 Å². The lowest BCUT2D eigenvalue weighted by Gasteiger charge is -2.32. The second-order valence-electron chi connectivity index (χ2n) is 5.71. The van der Waals surface area contributed by atoms with E-state index in [2.05, 4.69) is 20.3 Å². The monoisotopic (exact) mass is 315 g/mol. The molecule has 3 heterocycles. The largest absolute Gasteiger partial charge is 0.391 e. The highest BCUT2D eigenvalue weighted by atomic mass is 16.3. The molecule has 1 atom stereocenters. The Labute approximate surface area is 134 Å². The number of aromatic nitrogens is 3. The van der Waals surface area contributed by atoms with Crippen molar-refractivity contribution < 1.29 is 9.90 Å². The normalized spacial score (nSPS) is 18.0. The van der Waals surface area contributed by atoms with Crippen LogP contribution in [0.15, 0.2) is 36.8 Å². The molecule has 2 aromatic rings. The van der Waals surface area contributed by atoms with Crippen molar-refractivity contribution in [1.82, 2.24) is 20.1 Å². The van der Waals surface area contributed by atoms with E-state index in [9.17, 15) is 9.90 Å². The molecule has 0 aliphatic carbocycles. The molecule has 1 amide bonds. The maximum atomic E-state index is 12.0. The van der Waals surface area contributed by atoms with Crippen LogP contribution in [-0.2, 0) is 17.9 Å². The number of nitrogens with zero attached hydrogens (tertiary/aromatic N) is 4. The number of aliphatic hydroxyl groups excluding tert-OH is 1. The van der Waals surface area contributed by atoms with Gasteiger partial charge < -0.3 is 15.3 Å². The summed E-state index contributed by atoms with van der Waals surface area (Å²) in [6.45, 7) is 2.08. The van der Waals surface area contributed by atoms with Gasteiger partial charge >= 0.3 is 0 Å². The lowest BCUT2D eigenvalue weighted by Crippen LogP contribution is -2.39. The van der Waals surface area contributed by atoms with Crippen molar-refractivity contribution >= 4 is 11.7 Å². The first-order valence-electron chi connectivity index (χ1n) is 7.83. The second-order valence-corrected chi connectivity index (χ2v) is 5.71. The summed E-state index contributed by atoms with van der Waals surface area (Å²) in [6.07, 6.45) is 6.61. The van der Waals surface area contributed by atoms with Crippen LogP contribution in [0, 0.1) is 0 Å². The molecule has 0 saturated carbocycles. The predicted molar refractivity (Wildman–Crippen MR) is 85.8 cm³/mol. The van der Waals surface area contributed by atoms with Gasteiger partial charge in [0.15, 0.2) is 0 Å². The fourth-order valence-corrected chi connectivity index (χ4v) is 2.79. The Morgan fingerprint density at radius 1 is 1.39 bits per heavy atom. The smallest absolute Gasteiger partial charge is 0.241 e. The van der Waals surface area contributed by atoms with Crippen LogP contribution in [-0.4, -0.2) is 45.0 Å². The zero-order chi connectivity index (χ0) is 16.1. The highest BCUT2D eigenvalue weighted by Crippen LogP contribution is 2.21. The van der Waals surface area contributed by atoms with E-state index in [4.69, 9.17) is 0 Å². The lowest BCUT2D eigenvalue weighted by molar-refractivity contribution is -0.122. The zero-order valence-electron chi connectivity index (χ0n) is 12.9. The molecule has 7 heteroatoms. The molecule has 1 saturated heterocycles. The Kier molecular flexibility index (Phi) is 4.87. The third kappa shape index (κ3) is 4.07. The number of anilines is 1. The number of carbonyl (C=O) groups is 1. The Balaban J connectivity index is 1.62. The first-order valence-corrected chi connectivity index (χ1v) is 7.83. The molecule has 0 aromatic carbocycles. The van der Waals surface area contributed by atoms with E-state index in [1.807, 2.05) is 12.1 Å². The van der Waals surface area contributed by atoms with Crippen LogP contribution in [0.2, 0.25) is 0 Å². The molecule has 1 fully saturated rings. The van der Waals surface area contributed by atoms with E-state index in [-0.39, 0.29) is 18.6 Å². The van der Waals surface area contributed by atoms with Crippen LogP contribution < -0.4 is 10.2 Å². The molecule has 1 aliphatic rings. The standard InChI is InChI=1S/C16H21N5O2/c22-14-5-2-8-20(11-14)16-13(4-1-6-17-16)10-18-15(23)12-21-9-3-7-19-21/h1,3-4,6-7,9,14,22H,2,5,8,10-12H2,(H,18,23)/t14-/m0/s1. The van der Waals surface area contributed by atoms with Crippen molar-refractivity contribution in [2.24, 2.45) is 0 Å². The Morgan fingerprint density at radius 2 is 2.30 bits per heavy atom. The van der Waals surface area contributed by atoms with Gasteiger partial charge in [-0.05, 0) is 25.0 Å². The zero-order valence-corrected chi connectivity index (χ0v) is 12.9. The molecule has 0 spiro atoms. The van der Waals surface area contributed by atoms with E-state index in [0.29, 0.717) is 13.1 Å². The van der Waals surface area contributed by atoms with Gasteiger partial charge in [-0.3, -0.25) is 9.48 Å². The number of β-amino-alcohol motifs (C(OH)–C–C–N with tert-alkyl or cyclic N) is 1. The number of hydrogen-bond acceptors (Lipinski definition) is 5. The SMILES string of the molecule is O=C(Cn1cccn1)NCc1cccnc1N1CCC[C@H](O)C1. The van der Waals surface area contributed by atoms with Crippen LogP contribution in [0.3, 0.4) is 0 Å². The molecule has 0 unspecified atom stereocenters. The number of aliphatic hydroxyl groups is 1. The topological polar surface area (TPSA) is 83.3 Å². The second kappa shape index (κ2) is 7.23. The predicted octanol–water partition coefficient (Wildman–Crippen LogP) is 0.556. The van der Waals surface area contributed by atoms with Gasteiger partial charge in [0.05, 0.1) is 6.10 Å². The summed E-state index contributed by atoms with van der Waals surface area (Å²) in [4.78, 5) is 18.5. The molecule has 1 aliphatic heterocycles. The number of piperidine rings is 1. The molecular weight excluding hydrogens is 294 g/mol. The quantitative estimate of drug-likeness (QED) is 0.842. The Hall–Kier alpha value is -2.41. The highest BCUT2D eigenvalue weighted by molar-refractivity contribution is 5.75. The summed E-state index contributed by atoms with van der Waals surface area (Å²) in [5.74, 6) is 0.743.